The number of hydrazine groups is 1. The first-order valence-corrected chi connectivity index (χ1v) is 6.57. The van der Waals surface area contributed by atoms with Gasteiger partial charge in [0.05, 0.1) is 25.4 Å². The third kappa shape index (κ3) is 2.00. The molecule has 4 nitrogen and oxygen atoms in total. The maximum absolute atomic E-state index is 5.91. The Bertz CT molecular complexity index is 407. The van der Waals surface area contributed by atoms with Gasteiger partial charge < -0.3 is 9.47 Å². The van der Waals surface area contributed by atoms with Crippen molar-refractivity contribution in [3.05, 3.63) is 29.8 Å². The largest absolute Gasteiger partial charge is 0.497 e. The number of fused-ring (bicyclic) bond motifs is 2. The summed E-state index contributed by atoms with van der Waals surface area (Å²) in [5, 5.41) is 0. The monoisotopic (exact) mass is 248 g/mol. The van der Waals surface area contributed by atoms with E-state index in [0.29, 0.717) is 18.1 Å². The molecule has 2 heterocycles. The van der Waals surface area contributed by atoms with Crippen molar-refractivity contribution in [3.63, 3.8) is 0 Å². The van der Waals surface area contributed by atoms with Crippen LogP contribution < -0.4 is 16.0 Å². The van der Waals surface area contributed by atoms with Gasteiger partial charge in [-0.2, -0.15) is 0 Å². The number of benzene rings is 1. The number of ether oxygens (including phenoxy) is 2. The number of nitrogens with two attached hydrogens (primary N) is 1. The van der Waals surface area contributed by atoms with Crippen molar-refractivity contribution in [1.82, 2.24) is 5.43 Å². The van der Waals surface area contributed by atoms with Gasteiger partial charge >= 0.3 is 0 Å². The summed E-state index contributed by atoms with van der Waals surface area (Å²) in [6.45, 7) is 0. The van der Waals surface area contributed by atoms with Gasteiger partial charge in [-0.1, -0.05) is 12.1 Å². The molecule has 0 amide bonds. The van der Waals surface area contributed by atoms with Crippen LogP contribution in [0.1, 0.15) is 30.9 Å². The fourth-order valence-electron chi connectivity index (χ4n) is 3.31. The first-order valence-electron chi connectivity index (χ1n) is 6.57. The SMILES string of the molecule is COc1ccc(C(NN)C2CC3CCC2O3)cc1. The third-order valence-electron chi connectivity index (χ3n) is 4.24. The first-order chi connectivity index (χ1) is 8.81. The Morgan fingerprint density at radius 2 is 2.11 bits per heavy atom. The zero-order chi connectivity index (χ0) is 12.5. The van der Waals surface area contributed by atoms with E-state index in [-0.39, 0.29) is 6.04 Å². The van der Waals surface area contributed by atoms with Crippen LogP contribution >= 0.6 is 0 Å². The molecule has 4 unspecified atom stereocenters. The van der Waals surface area contributed by atoms with E-state index in [1.54, 1.807) is 7.11 Å². The normalized spacial score (nSPS) is 31.6. The fraction of sp³-hybridized carbons (Fsp3) is 0.571. The van der Waals surface area contributed by atoms with Crippen molar-refractivity contribution in [2.24, 2.45) is 11.8 Å². The van der Waals surface area contributed by atoms with E-state index in [0.717, 1.165) is 12.2 Å². The third-order valence-corrected chi connectivity index (χ3v) is 4.24. The molecule has 4 heteroatoms. The average Bonchev–Trinajstić information content (AvgIpc) is 3.03. The van der Waals surface area contributed by atoms with Crippen molar-refractivity contribution in [1.29, 1.82) is 0 Å². The highest BCUT2D eigenvalue weighted by Gasteiger charge is 2.44. The second-order valence-electron chi connectivity index (χ2n) is 5.19. The van der Waals surface area contributed by atoms with Gasteiger partial charge in [0.1, 0.15) is 5.75 Å². The quantitative estimate of drug-likeness (QED) is 0.630. The first kappa shape index (κ1) is 12.0. The number of nitrogens with one attached hydrogen (secondary N) is 1. The van der Waals surface area contributed by atoms with Gasteiger partial charge in [-0.3, -0.25) is 11.3 Å². The van der Waals surface area contributed by atoms with E-state index in [9.17, 15) is 0 Å². The van der Waals surface area contributed by atoms with Crippen molar-refractivity contribution < 1.29 is 9.47 Å². The highest BCUT2D eigenvalue weighted by Crippen LogP contribution is 2.44. The molecule has 0 radical (unpaired) electrons. The molecule has 0 saturated carbocycles. The summed E-state index contributed by atoms with van der Waals surface area (Å²) in [6, 6.07) is 8.29. The van der Waals surface area contributed by atoms with E-state index in [1.807, 2.05) is 12.1 Å². The lowest BCUT2D eigenvalue weighted by Crippen LogP contribution is -2.37. The second kappa shape index (κ2) is 4.88. The average molecular weight is 248 g/mol. The molecule has 2 aliphatic heterocycles. The summed E-state index contributed by atoms with van der Waals surface area (Å²) in [5.74, 6) is 7.11. The summed E-state index contributed by atoms with van der Waals surface area (Å²) in [7, 11) is 1.68. The molecule has 0 aromatic heterocycles. The van der Waals surface area contributed by atoms with E-state index >= 15 is 0 Å². The van der Waals surface area contributed by atoms with Crippen molar-refractivity contribution in [2.75, 3.05) is 7.11 Å². The number of rotatable bonds is 4. The molecular weight excluding hydrogens is 228 g/mol. The van der Waals surface area contributed by atoms with E-state index < -0.39 is 0 Å². The summed E-state index contributed by atoms with van der Waals surface area (Å²) >= 11 is 0. The van der Waals surface area contributed by atoms with E-state index in [4.69, 9.17) is 15.3 Å². The lowest BCUT2D eigenvalue weighted by Gasteiger charge is -2.28. The number of hydrogen-bond donors (Lipinski definition) is 2. The Hall–Kier alpha value is -1.10. The molecule has 3 rings (SSSR count). The molecule has 2 aliphatic rings. The van der Waals surface area contributed by atoms with Gasteiger partial charge in [0, 0.05) is 5.92 Å². The fourth-order valence-corrected chi connectivity index (χ4v) is 3.31. The maximum Gasteiger partial charge on any atom is 0.118 e. The summed E-state index contributed by atoms with van der Waals surface area (Å²) < 4.78 is 11.1. The molecule has 2 fully saturated rings. The minimum Gasteiger partial charge on any atom is -0.497 e. The maximum atomic E-state index is 5.91. The van der Waals surface area contributed by atoms with Crippen LogP contribution in [0, 0.1) is 5.92 Å². The molecule has 4 atom stereocenters. The molecule has 3 N–H and O–H groups in total. The topological polar surface area (TPSA) is 56.5 Å². The summed E-state index contributed by atoms with van der Waals surface area (Å²) in [5.41, 5.74) is 4.17. The van der Waals surface area contributed by atoms with Crippen LogP contribution in [0.4, 0.5) is 0 Å². The van der Waals surface area contributed by atoms with Crippen LogP contribution in [-0.4, -0.2) is 19.3 Å². The Balaban J connectivity index is 1.79. The predicted octanol–water partition coefficient (Wildman–Crippen LogP) is 1.77. The lowest BCUT2D eigenvalue weighted by atomic mass is 9.81. The smallest absolute Gasteiger partial charge is 0.118 e. The second-order valence-corrected chi connectivity index (χ2v) is 5.19. The van der Waals surface area contributed by atoms with Crippen molar-refractivity contribution >= 4 is 0 Å². The molecule has 2 saturated heterocycles. The molecule has 0 spiro atoms. The van der Waals surface area contributed by atoms with Gasteiger partial charge in [0.25, 0.3) is 0 Å². The molecule has 1 aromatic rings. The van der Waals surface area contributed by atoms with Gasteiger partial charge in [-0.05, 0) is 37.0 Å². The minimum atomic E-state index is 0.172. The molecule has 0 aliphatic carbocycles. The van der Waals surface area contributed by atoms with Crippen molar-refractivity contribution in [3.8, 4) is 5.75 Å². The van der Waals surface area contributed by atoms with Gasteiger partial charge in [-0.25, -0.2) is 0 Å². The lowest BCUT2D eigenvalue weighted by molar-refractivity contribution is 0.0857. The molecular formula is C14H20N2O2. The summed E-state index contributed by atoms with van der Waals surface area (Å²) in [4.78, 5) is 0. The van der Waals surface area contributed by atoms with Crippen molar-refractivity contribution in [2.45, 2.75) is 37.5 Å². The van der Waals surface area contributed by atoms with Crippen LogP contribution in [0.2, 0.25) is 0 Å². The van der Waals surface area contributed by atoms with Crippen LogP contribution in [0.5, 0.6) is 5.75 Å². The predicted molar refractivity (Wildman–Crippen MR) is 69.1 cm³/mol. The zero-order valence-corrected chi connectivity index (χ0v) is 10.6. The molecule has 98 valence electrons. The van der Waals surface area contributed by atoms with E-state index in [1.165, 1.54) is 18.4 Å². The van der Waals surface area contributed by atoms with Gasteiger partial charge in [0.2, 0.25) is 0 Å². The highest BCUT2D eigenvalue weighted by atomic mass is 16.5. The van der Waals surface area contributed by atoms with E-state index in [2.05, 4.69) is 17.6 Å². The Morgan fingerprint density at radius 1 is 1.33 bits per heavy atom. The van der Waals surface area contributed by atoms with Gasteiger partial charge in [0.15, 0.2) is 0 Å². The Labute approximate surface area is 107 Å². The van der Waals surface area contributed by atoms with Crippen LogP contribution in [0.15, 0.2) is 24.3 Å². The van der Waals surface area contributed by atoms with Crippen LogP contribution in [0.3, 0.4) is 0 Å². The standard InChI is InChI=1S/C14H20N2O2/c1-17-10-4-2-9(3-5-10)14(16-15)12-8-11-6-7-13(12)18-11/h2-5,11-14,16H,6-8,15H2,1H3. The molecule has 1 aromatic carbocycles. The van der Waals surface area contributed by atoms with Gasteiger partial charge in [-0.15, -0.1) is 0 Å². The van der Waals surface area contributed by atoms with Crippen LogP contribution in [0.25, 0.3) is 0 Å². The number of methoxy groups -OCH3 is 1. The molecule has 18 heavy (non-hydrogen) atoms. The highest BCUT2D eigenvalue weighted by molar-refractivity contribution is 5.30. The Kier molecular flexibility index (Phi) is 3.24. The summed E-state index contributed by atoms with van der Waals surface area (Å²) in [6.07, 6.45) is 4.32. The molecule has 2 bridgehead atoms. The minimum absolute atomic E-state index is 0.172. The zero-order valence-electron chi connectivity index (χ0n) is 10.6. The Morgan fingerprint density at radius 3 is 2.61 bits per heavy atom. The van der Waals surface area contributed by atoms with Crippen LogP contribution in [-0.2, 0) is 4.74 Å². The number of hydrogen-bond acceptors (Lipinski definition) is 4.